The van der Waals surface area contributed by atoms with Crippen LogP contribution in [0.5, 0.6) is 0 Å². The Labute approximate surface area is 233 Å². The molecule has 0 saturated carbocycles. The van der Waals surface area contributed by atoms with E-state index in [0.717, 1.165) is 38.8 Å². The summed E-state index contributed by atoms with van der Waals surface area (Å²) < 4.78 is 37.0. The highest BCUT2D eigenvalue weighted by Gasteiger charge is 2.39. The number of rotatable bonds is 2. The summed E-state index contributed by atoms with van der Waals surface area (Å²) in [6.45, 7) is 0. The van der Waals surface area contributed by atoms with Crippen molar-refractivity contribution < 1.29 is 12.8 Å². The summed E-state index contributed by atoms with van der Waals surface area (Å²) in [6.07, 6.45) is 0. The Balaban J connectivity index is 1.27. The van der Waals surface area contributed by atoms with Gasteiger partial charge in [0.2, 0.25) is 11.9 Å². The Morgan fingerprint density at radius 1 is 0.585 bits per heavy atom. The van der Waals surface area contributed by atoms with Crippen molar-refractivity contribution in [3.05, 3.63) is 115 Å². The maximum Gasteiger partial charge on any atom is 0.340 e. The average molecular weight is 554 g/mol. The third-order valence-corrected chi connectivity index (χ3v) is 9.35. The maximum absolute atomic E-state index is 14.1. The van der Waals surface area contributed by atoms with Gasteiger partial charge in [-0.1, -0.05) is 72.8 Å². The number of anilines is 3. The molecule has 5 aromatic carbocycles. The average Bonchev–Trinajstić information content (AvgIpc) is 3.69. The lowest BCUT2D eigenvalue weighted by Crippen LogP contribution is -2.33. The molecule has 196 valence electrons. The van der Waals surface area contributed by atoms with Crippen molar-refractivity contribution in [1.29, 1.82) is 0 Å². The smallest absolute Gasteiger partial charge is 0.340 e. The number of benzene rings is 5. The second-order valence-corrected chi connectivity index (χ2v) is 11.6. The summed E-state index contributed by atoms with van der Waals surface area (Å²) in [5.41, 5.74) is 6.53. The minimum Gasteiger partial charge on any atom is -0.455 e. The molecule has 0 radical (unpaired) electrons. The summed E-state index contributed by atoms with van der Waals surface area (Å²) in [7, 11) is -4.04. The molecule has 1 aliphatic heterocycles. The Bertz CT molecular complexity index is 2370. The Morgan fingerprint density at radius 3 is 1.85 bits per heavy atom. The van der Waals surface area contributed by atoms with Crippen LogP contribution in [-0.2, 0) is 10.2 Å². The number of fused-ring (bicyclic) bond motifs is 9. The Hall–Kier alpha value is -5.41. The molecular formula is C32H19N5O3S. The van der Waals surface area contributed by atoms with Crippen molar-refractivity contribution in [3.8, 4) is 11.1 Å². The largest absolute Gasteiger partial charge is 0.455 e. The van der Waals surface area contributed by atoms with Crippen molar-refractivity contribution >= 4 is 71.8 Å². The van der Waals surface area contributed by atoms with Crippen molar-refractivity contribution in [3.63, 3.8) is 0 Å². The molecule has 0 saturated heterocycles. The van der Waals surface area contributed by atoms with Crippen LogP contribution in [0.15, 0.2) is 120 Å². The Kier molecular flexibility index (Phi) is 4.28. The van der Waals surface area contributed by atoms with Crippen molar-refractivity contribution in [2.75, 3.05) is 4.90 Å². The predicted molar refractivity (Wildman–Crippen MR) is 160 cm³/mol. The highest BCUT2D eigenvalue weighted by molar-refractivity contribution is 7.89. The van der Waals surface area contributed by atoms with Crippen LogP contribution >= 0.6 is 0 Å². The van der Waals surface area contributed by atoms with Gasteiger partial charge >= 0.3 is 10.2 Å². The highest BCUT2D eigenvalue weighted by atomic mass is 32.2. The van der Waals surface area contributed by atoms with Gasteiger partial charge in [-0.3, -0.25) is 0 Å². The van der Waals surface area contributed by atoms with Crippen LogP contribution in [0.4, 0.5) is 17.6 Å². The van der Waals surface area contributed by atoms with Gasteiger partial charge in [0.15, 0.2) is 0 Å². The van der Waals surface area contributed by atoms with Crippen LogP contribution < -0.4 is 4.90 Å². The Morgan fingerprint density at radius 2 is 1.17 bits per heavy atom. The molecule has 0 atom stereocenters. The number of aromatic nitrogens is 4. The van der Waals surface area contributed by atoms with E-state index in [1.54, 1.807) is 17.0 Å². The van der Waals surface area contributed by atoms with Crippen molar-refractivity contribution in [2.45, 2.75) is 0 Å². The van der Waals surface area contributed by atoms with Crippen LogP contribution in [-0.4, -0.2) is 26.3 Å². The second kappa shape index (κ2) is 7.83. The molecule has 0 aliphatic carbocycles. The quantitative estimate of drug-likeness (QED) is 0.222. The van der Waals surface area contributed by atoms with Gasteiger partial charge in [-0.2, -0.15) is 16.4 Å². The molecule has 8 aromatic rings. The standard InChI is InChI=1S/C32H19N5O3S/c38-41(39)36-27-13-4-2-11-25(27)33-31(36)35(32-34-26-12-3-5-14-28(26)37(32)41)21-18-16-20(17-19-21)22-9-7-10-24-23-8-1-6-15-29(23)40-30(22)24/h1-19H. The van der Waals surface area contributed by atoms with E-state index in [-0.39, 0.29) is 11.9 Å². The first-order chi connectivity index (χ1) is 20.1. The van der Waals surface area contributed by atoms with Gasteiger partial charge in [0.25, 0.3) is 0 Å². The van der Waals surface area contributed by atoms with Crippen LogP contribution in [0.3, 0.4) is 0 Å². The van der Waals surface area contributed by atoms with Crippen LogP contribution in [0.25, 0.3) is 55.1 Å². The van der Waals surface area contributed by atoms with E-state index in [1.165, 1.54) is 7.94 Å². The van der Waals surface area contributed by atoms with E-state index in [4.69, 9.17) is 14.4 Å². The molecule has 8 nitrogen and oxygen atoms in total. The van der Waals surface area contributed by atoms with Gasteiger partial charge in [0.1, 0.15) is 11.2 Å². The van der Waals surface area contributed by atoms with Gasteiger partial charge in [-0.25, -0.2) is 14.9 Å². The van der Waals surface area contributed by atoms with Gasteiger partial charge in [-0.15, -0.1) is 0 Å². The van der Waals surface area contributed by atoms with E-state index < -0.39 is 10.2 Å². The molecule has 0 N–H and O–H groups in total. The topological polar surface area (TPSA) is 86.2 Å². The van der Waals surface area contributed by atoms with Crippen LogP contribution in [0.2, 0.25) is 0 Å². The van der Waals surface area contributed by atoms with Crippen molar-refractivity contribution in [2.24, 2.45) is 0 Å². The number of imidazole rings is 2. The monoisotopic (exact) mass is 553 g/mol. The van der Waals surface area contributed by atoms with Gasteiger partial charge in [0.05, 0.1) is 27.8 Å². The molecule has 0 unspecified atom stereocenters. The predicted octanol–water partition coefficient (Wildman–Crippen LogP) is 7.38. The number of para-hydroxylation sites is 6. The molecule has 41 heavy (non-hydrogen) atoms. The van der Waals surface area contributed by atoms with E-state index >= 15 is 0 Å². The summed E-state index contributed by atoms with van der Waals surface area (Å²) >= 11 is 0. The summed E-state index contributed by atoms with van der Waals surface area (Å²) in [6, 6.07) is 36.6. The molecule has 0 amide bonds. The van der Waals surface area contributed by atoms with E-state index in [2.05, 4.69) is 12.1 Å². The van der Waals surface area contributed by atoms with Crippen LogP contribution in [0.1, 0.15) is 0 Å². The number of hydrogen-bond donors (Lipinski definition) is 0. The highest BCUT2D eigenvalue weighted by Crippen LogP contribution is 2.44. The molecule has 0 spiro atoms. The van der Waals surface area contributed by atoms with E-state index in [0.29, 0.717) is 22.1 Å². The van der Waals surface area contributed by atoms with Gasteiger partial charge < -0.3 is 4.42 Å². The first kappa shape index (κ1) is 22.4. The molecule has 9 rings (SSSR count). The summed E-state index contributed by atoms with van der Waals surface area (Å²) in [5, 5.41) is 2.14. The zero-order valence-corrected chi connectivity index (χ0v) is 22.2. The first-order valence-electron chi connectivity index (χ1n) is 13.1. The molecule has 3 aromatic heterocycles. The fourth-order valence-electron chi connectivity index (χ4n) is 5.89. The molecule has 9 heteroatoms. The number of furan rings is 1. The SMILES string of the molecule is O=S1(=O)n2c(nc3ccccc32)N(c2ccc(-c3cccc4c3oc3ccccc34)cc2)c2nc3ccccc3n21. The van der Waals surface area contributed by atoms with Gasteiger partial charge in [0, 0.05) is 16.3 Å². The summed E-state index contributed by atoms with van der Waals surface area (Å²) in [4.78, 5) is 11.3. The van der Waals surface area contributed by atoms with Gasteiger partial charge in [-0.05, 0) is 48.0 Å². The fraction of sp³-hybridized carbons (Fsp3) is 0. The lowest BCUT2D eigenvalue weighted by atomic mass is 10.0. The third kappa shape index (κ3) is 2.95. The second-order valence-electron chi connectivity index (χ2n) is 10.0. The number of hydrogen-bond acceptors (Lipinski definition) is 6. The number of nitrogens with zero attached hydrogens (tertiary/aromatic N) is 5. The molecule has 4 heterocycles. The minimum absolute atomic E-state index is 0.265. The first-order valence-corrected chi connectivity index (χ1v) is 14.5. The fourth-order valence-corrected chi connectivity index (χ4v) is 7.51. The van der Waals surface area contributed by atoms with Crippen molar-refractivity contribution in [1.82, 2.24) is 17.9 Å². The third-order valence-electron chi connectivity index (χ3n) is 7.71. The molecule has 0 bridgehead atoms. The lowest BCUT2D eigenvalue weighted by Gasteiger charge is -2.29. The van der Waals surface area contributed by atoms with E-state index in [1.807, 2.05) is 91.0 Å². The lowest BCUT2D eigenvalue weighted by molar-refractivity contribution is 0.578. The van der Waals surface area contributed by atoms with E-state index in [9.17, 15) is 8.42 Å². The normalized spacial score (nSPS) is 14.2. The summed E-state index contributed by atoms with van der Waals surface area (Å²) in [5.74, 6) is 0.530. The maximum atomic E-state index is 14.1. The zero-order chi connectivity index (χ0) is 27.3. The van der Waals surface area contributed by atoms with Crippen LogP contribution in [0, 0.1) is 0 Å². The minimum atomic E-state index is -4.04. The molecule has 1 aliphatic rings. The molecular weight excluding hydrogens is 534 g/mol. The molecule has 0 fully saturated rings. The zero-order valence-electron chi connectivity index (χ0n) is 21.3.